The second-order valence-corrected chi connectivity index (χ2v) is 16.5. The Morgan fingerprint density at radius 3 is 0.341 bits per heavy atom. The standard InChI is InChI=1S/3H5O10P3.5Sc/c3*1-11(2,3)9-13(7,8)10-12(4,5)6;;;;;/h3*(H,7,8)(H2,1,2,3)(H2,4,5,6);;;;;/q;;;5*+3/p-15. The molecule has 0 fully saturated rings. The second kappa shape index (κ2) is 25.6. The zero-order chi connectivity index (χ0) is 32.7. The van der Waals surface area contributed by atoms with Crippen LogP contribution >= 0.6 is 70.4 Å². The predicted octanol–water partition coefficient (Wildman–Crippen LogP) is -11.6. The Morgan fingerprint density at radius 2 is 0.295 bits per heavy atom. The third-order valence-corrected chi connectivity index (χ3v) is 10.8. The fourth-order valence-corrected chi connectivity index (χ4v) is 7.82. The average molecular weight is 984 g/mol. The van der Waals surface area contributed by atoms with Crippen molar-refractivity contribution in [1.82, 2.24) is 0 Å². The molecule has 44 heteroatoms. The second-order valence-electron chi connectivity index (χ2n) is 4.51. The summed E-state index contributed by atoms with van der Waals surface area (Å²) in [7, 11) is -53.7. The Bertz CT molecular complexity index is 991. The predicted molar refractivity (Wildman–Crippen MR) is 75.0 cm³/mol. The summed E-state index contributed by atoms with van der Waals surface area (Å²) < 4.78 is 104. The molecule has 0 aliphatic heterocycles. The van der Waals surface area contributed by atoms with Crippen LogP contribution in [-0.2, 0) is 196 Å². The molecule has 44 heavy (non-hydrogen) atoms. The first-order valence-electron chi connectivity index (χ1n) is 6.57. The molecule has 240 valence electrons. The SMILES string of the molecule is O=P([O-])([O-])OP(=O)([O-])OP(=O)([O-])[O-].O=P([O-])([O-])OP(=O)([O-])OP(=O)([O-])[O-].O=P([O-])([O-])OP(=O)([O-])OP(=O)([O-])[O-].[Sc+3].[Sc+3].[Sc+3].[Sc+3].[Sc+3]. The van der Waals surface area contributed by atoms with Crippen LogP contribution in [0.25, 0.3) is 0 Å². The van der Waals surface area contributed by atoms with Gasteiger partial charge in [0.25, 0.3) is 23.5 Å². The van der Waals surface area contributed by atoms with E-state index in [1.54, 1.807) is 0 Å². The van der Waals surface area contributed by atoms with Gasteiger partial charge >= 0.3 is 129 Å². The molecule has 0 spiro atoms. The van der Waals surface area contributed by atoms with Crippen LogP contribution in [0, 0.1) is 0 Å². The maximum absolute atomic E-state index is 10.1. The summed E-state index contributed by atoms with van der Waals surface area (Å²) in [6.07, 6.45) is 0. The van der Waals surface area contributed by atoms with Crippen LogP contribution in [0.5, 0.6) is 0 Å². The van der Waals surface area contributed by atoms with Crippen molar-refractivity contribution < 1.29 is 270 Å². The van der Waals surface area contributed by atoms with Gasteiger partial charge in [-0.05, 0) is 0 Å². The van der Waals surface area contributed by atoms with Gasteiger partial charge in [-0.2, -0.15) is 0 Å². The quantitative estimate of drug-likeness (QED) is 0.164. The van der Waals surface area contributed by atoms with E-state index < -0.39 is 70.4 Å². The average Bonchev–Trinajstić information content (AvgIpc) is 2.28. The molecule has 0 heterocycles. The molecule has 0 saturated heterocycles. The zero-order valence-electron chi connectivity index (χ0n) is 19.2. The molecule has 0 rings (SSSR count). The summed E-state index contributed by atoms with van der Waals surface area (Å²) in [5.74, 6) is 0. The minimum Gasteiger partial charge on any atom is -0.790 e. The molecule has 0 aromatic heterocycles. The van der Waals surface area contributed by atoms with Crippen LogP contribution in [0.15, 0.2) is 0 Å². The molecule has 0 aromatic carbocycles. The monoisotopic (exact) mass is 983 g/mol. The smallest absolute Gasteiger partial charge is 0.790 e. The van der Waals surface area contributed by atoms with Crippen LogP contribution in [0.3, 0.4) is 0 Å². The minimum absolute atomic E-state index is 0. The van der Waals surface area contributed by atoms with Gasteiger partial charge in [0.15, 0.2) is 0 Å². The van der Waals surface area contributed by atoms with Gasteiger partial charge in [-0.1, -0.05) is 0 Å². The zero-order valence-corrected chi connectivity index (χ0v) is 36.2. The van der Waals surface area contributed by atoms with E-state index in [2.05, 4.69) is 25.9 Å². The summed E-state index contributed by atoms with van der Waals surface area (Å²) in [6, 6.07) is 0. The fourth-order valence-electron chi connectivity index (χ4n) is 0.780. The summed E-state index contributed by atoms with van der Waals surface area (Å²) in [5, 5.41) is 0. The maximum atomic E-state index is 10.1. The van der Waals surface area contributed by atoms with Crippen LogP contribution in [0.4, 0.5) is 0 Å². The van der Waals surface area contributed by atoms with Crippen molar-refractivity contribution in [3.63, 3.8) is 0 Å². The third-order valence-electron chi connectivity index (χ3n) is 1.20. The summed E-state index contributed by atoms with van der Waals surface area (Å²) >= 11 is 0. The normalized spacial score (nSPS) is 12.9. The molecule has 0 aliphatic carbocycles. The van der Waals surface area contributed by atoms with E-state index >= 15 is 0 Å². The van der Waals surface area contributed by atoms with Gasteiger partial charge in [0.1, 0.15) is 0 Å². The number of rotatable bonds is 12. The maximum Gasteiger partial charge on any atom is 3.00 e. The van der Waals surface area contributed by atoms with Crippen molar-refractivity contribution in [2.24, 2.45) is 0 Å². The van der Waals surface area contributed by atoms with E-state index in [0.29, 0.717) is 0 Å². The van der Waals surface area contributed by atoms with Gasteiger partial charge in [0.05, 0.1) is 46.9 Å². The number of phosphoric acid groups is 9. The Hall–Kier alpha value is 5.58. The van der Waals surface area contributed by atoms with E-state index in [-0.39, 0.29) is 129 Å². The van der Waals surface area contributed by atoms with Crippen LogP contribution < -0.4 is 73.4 Å². The fraction of sp³-hybridized carbons (Fsp3) is 0. The van der Waals surface area contributed by atoms with Crippen LogP contribution in [0.1, 0.15) is 0 Å². The van der Waals surface area contributed by atoms with Crippen molar-refractivity contribution in [2.75, 3.05) is 0 Å². The van der Waals surface area contributed by atoms with Gasteiger partial charge in [-0.3, -0.25) is 39.6 Å². The van der Waals surface area contributed by atoms with Crippen molar-refractivity contribution in [2.45, 2.75) is 0 Å². The molecule has 0 atom stereocenters. The van der Waals surface area contributed by atoms with Crippen molar-refractivity contribution in [3.05, 3.63) is 0 Å². The third kappa shape index (κ3) is 59.7. The van der Waals surface area contributed by atoms with Gasteiger partial charge in [0.2, 0.25) is 0 Å². The van der Waals surface area contributed by atoms with Gasteiger partial charge in [-0.15, -0.1) is 0 Å². The molecular weight excluding hydrogens is 984 g/mol. The topological polar surface area (TPSA) is 555 Å². The van der Waals surface area contributed by atoms with Crippen molar-refractivity contribution in [1.29, 1.82) is 0 Å². The summed E-state index contributed by atoms with van der Waals surface area (Å²) in [4.78, 5) is 146. The molecule has 0 aliphatic rings. The van der Waals surface area contributed by atoms with Crippen LogP contribution in [0.2, 0.25) is 0 Å². The summed E-state index contributed by atoms with van der Waals surface area (Å²) in [5.41, 5.74) is 0. The molecule has 0 bridgehead atoms. The van der Waals surface area contributed by atoms with E-state index in [9.17, 15) is 114 Å². The van der Waals surface area contributed by atoms with E-state index in [1.165, 1.54) is 0 Å². The number of hydrogen-bond acceptors (Lipinski definition) is 30. The Kier molecular flexibility index (Phi) is 39.3. The van der Waals surface area contributed by atoms with E-state index in [1.807, 2.05) is 0 Å². The molecule has 30 nitrogen and oxygen atoms in total. The molecule has 0 amide bonds. The Morgan fingerprint density at radius 1 is 0.227 bits per heavy atom. The first-order valence-corrected chi connectivity index (χ1v) is 19.7. The number of hydrogen-bond donors (Lipinski definition) is 0. The molecular formula is O30P9Sc5. The molecule has 0 N–H and O–H groups in total. The summed E-state index contributed by atoms with van der Waals surface area (Å²) in [6.45, 7) is 0. The van der Waals surface area contributed by atoms with Gasteiger partial charge in [-0.25, -0.2) is 0 Å². The van der Waals surface area contributed by atoms with Gasteiger partial charge in [0, 0.05) is 0 Å². The first kappa shape index (κ1) is 67.7. The van der Waals surface area contributed by atoms with E-state index in [0.717, 1.165) is 0 Å². The van der Waals surface area contributed by atoms with Crippen molar-refractivity contribution in [3.8, 4) is 0 Å². The van der Waals surface area contributed by atoms with Gasteiger partial charge < -0.3 is 101 Å². The van der Waals surface area contributed by atoms with Crippen molar-refractivity contribution >= 4 is 70.4 Å². The molecule has 0 radical (unpaired) electrons. The van der Waals surface area contributed by atoms with Crippen LogP contribution in [-0.4, -0.2) is 0 Å². The molecule has 0 saturated carbocycles. The van der Waals surface area contributed by atoms with E-state index in [4.69, 9.17) is 0 Å². The Balaban J connectivity index is -0.0000000697. The first-order chi connectivity index (χ1) is 16.2. The molecule has 0 aromatic rings. The molecule has 0 unspecified atom stereocenters. The minimum atomic E-state index is -5.97. The largest absolute Gasteiger partial charge is 3.00 e. The Labute approximate surface area is 335 Å².